The maximum absolute atomic E-state index is 11.5. The van der Waals surface area contributed by atoms with Crippen LogP contribution in [0, 0.1) is 0 Å². The lowest BCUT2D eigenvalue weighted by molar-refractivity contribution is 0.0378. The first-order chi connectivity index (χ1) is 13.0. The molecule has 146 valence electrons. The summed E-state index contributed by atoms with van der Waals surface area (Å²) in [6.45, 7) is 5.40. The van der Waals surface area contributed by atoms with Gasteiger partial charge in [0.05, 0.1) is 18.1 Å². The van der Waals surface area contributed by atoms with Crippen LogP contribution in [0.1, 0.15) is 6.42 Å². The number of anilines is 3. The number of sulfonamides is 1. The van der Waals surface area contributed by atoms with Crippen molar-refractivity contribution in [3.05, 3.63) is 36.5 Å². The lowest BCUT2D eigenvalue weighted by Crippen LogP contribution is -2.37. The summed E-state index contributed by atoms with van der Waals surface area (Å²) in [6.07, 6.45) is 2.65. The van der Waals surface area contributed by atoms with Crippen LogP contribution in [0.2, 0.25) is 0 Å². The zero-order valence-electron chi connectivity index (χ0n) is 15.0. The van der Waals surface area contributed by atoms with Gasteiger partial charge in [0, 0.05) is 31.5 Å². The van der Waals surface area contributed by atoms with Crippen LogP contribution in [-0.2, 0) is 14.8 Å². The number of nitrogens with one attached hydrogen (secondary N) is 2. The zero-order chi connectivity index (χ0) is 19.1. The third-order valence-electron chi connectivity index (χ3n) is 4.14. The highest BCUT2D eigenvalue weighted by Gasteiger charge is 2.10. The SMILES string of the molecule is NS(=O)(=O)c1cccc(Nc2nccc(NCCCN3CCOCC3)n2)c1. The minimum absolute atomic E-state index is 0.0323. The van der Waals surface area contributed by atoms with Crippen molar-refractivity contribution in [2.75, 3.05) is 50.0 Å². The van der Waals surface area contributed by atoms with Gasteiger partial charge in [-0.15, -0.1) is 0 Å². The van der Waals surface area contributed by atoms with Crippen LogP contribution in [0.5, 0.6) is 0 Å². The fourth-order valence-electron chi connectivity index (χ4n) is 2.74. The highest BCUT2D eigenvalue weighted by Crippen LogP contribution is 2.18. The van der Waals surface area contributed by atoms with E-state index in [-0.39, 0.29) is 4.90 Å². The molecule has 4 N–H and O–H groups in total. The van der Waals surface area contributed by atoms with E-state index in [1.165, 1.54) is 12.1 Å². The highest BCUT2D eigenvalue weighted by molar-refractivity contribution is 7.89. The van der Waals surface area contributed by atoms with Gasteiger partial charge in [0.1, 0.15) is 5.82 Å². The van der Waals surface area contributed by atoms with E-state index in [2.05, 4.69) is 25.5 Å². The lowest BCUT2D eigenvalue weighted by atomic mass is 10.3. The van der Waals surface area contributed by atoms with Gasteiger partial charge in [-0.05, 0) is 37.2 Å². The minimum Gasteiger partial charge on any atom is -0.379 e. The number of ether oxygens (including phenoxy) is 1. The first-order valence-electron chi connectivity index (χ1n) is 8.78. The second-order valence-electron chi connectivity index (χ2n) is 6.20. The number of aromatic nitrogens is 2. The molecule has 1 aliphatic rings. The number of morpholine rings is 1. The molecule has 0 bridgehead atoms. The second kappa shape index (κ2) is 9.09. The standard InChI is InChI=1S/C17H24N6O3S/c18-27(24,25)15-4-1-3-14(13-15)21-17-20-7-5-16(22-17)19-6-2-8-23-9-11-26-12-10-23/h1,3-5,7,13H,2,6,8-12H2,(H2,18,24,25)(H2,19,20,21,22). The molecule has 0 aliphatic carbocycles. The summed E-state index contributed by atoms with van der Waals surface area (Å²) in [5, 5.41) is 11.4. The number of hydrogen-bond donors (Lipinski definition) is 3. The molecule has 27 heavy (non-hydrogen) atoms. The molecule has 10 heteroatoms. The van der Waals surface area contributed by atoms with Gasteiger partial charge in [-0.25, -0.2) is 18.5 Å². The smallest absolute Gasteiger partial charge is 0.238 e. The molecule has 1 aromatic heterocycles. The predicted octanol–water partition coefficient (Wildman–Crippen LogP) is 1.00. The summed E-state index contributed by atoms with van der Waals surface area (Å²) >= 11 is 0. The number of rotatable bonds is 8. The topological polar surface area (TPSA) is 122 Å². The van der Waals surface area contributed by atoms with E-state index in [1.54, 1.807) is 24.4 Å². The van der Waals surface area contributed by atoms with Gasteiger partial charge in [0.15, 0.2) is 0 Å². The van der Waals surface area contributed by atoms with Crippen molar-refractivity contribution in [3.8, 4) is 0 Å². The van der Waals surface area contributed by atoms with Gasteiger partial charge >= 0.3 is 0 Å². The van der Waals surface area contributed by atoms with Crippen LogP contribution in [0.3, 0.4) is 0 Å². The van der Waals surface area contributed by atoms with E-state index in [0.29, 0.717) is 17.5 Å². The molecule has 0 unspecified atom stereocenters. The lowest BCUT2D eigenvalue weighted by Gasteiger charge is -2.26. The first kappa shape index (κ1) is 19.5. The summed E-state index contributed by atoms with van der Waals surface area (Å²) in [6, 6.07) is 8.01. The molecule has 0 saturated carbocycles. The number of hydrogen-bond acceptors (Lipinski definition) is 8. The molecule has 2 aromatic rings. The van der Waals surface area contributed by atoms with Gasteiger partial charge in [-0.1, -0.05) is 6.07 Å². The normalized spacial score (nSPS) is 15.4. The molecule has 2 heterocycles. The van der Waals surface area contributed by atoms with E-state index < -0.39 is 10.0 Å². The molecule has 0 radical (unpaired) electrons. The van der Waals surface area contributed by atoms with Crippen molar-refractivity contribution >= 4 is 27.5 Å². The van der Waals surface area contributed by atoms with E-state index in [9.17, 15) is 8.42 Å². The van der Waals surface area contributed by atoms with Crippen molar-refractivity contribution < 1.29 is 13.2 Å². The molecule has 1 aromatic carbocycles. The van der Waals surface area contributed by atoms with Crippen LogP contribution in [0.4, 0.5) is 17.5 Å². The Balaban J connectivity index is 1.53. The third-order valence-corrected chi connectivity index (χ3v) is 5.05. The molecule has 1 aliphatic heterocycles. The summed E-state index contributed by atoms with van der Waals surface area (Å²) in [7, 11) is -3.76. The van der Waals surface area contributed by atoms with E-state index in [4.69, 9.17) is 9.88 Å². The Labute approximate surface area is 159 Å². The Hall–Kier alpha value is -2.27. The number of nitrogens with two attached hydrogens (primary N) is 1. The van der Waals surface area contributed by atoms with Crippen molar-refractivity contribution in [3.63, 3.8) is 0 Å². The monoisotopic (exact) mass is 392 g/mol. The largest absolute Gasteiger partial charge is 0.379 e. The molecular weight excluding hydrogens is 368 g/mol. The van der Waals surface area contributed by atoms with Crippen LogP contribution in [-0.4, -0.2) is 62.7 Å². The molecule has 1 fully saturated rings. The molecule has 1 saturated heterocycles. The Morgan fingerprint density at radius 3 is 2.81 bits per heavy atom. The van der Waals surface area contributed by atoms with Gasteiger partial charge in [-0.3, -0.25) is 4.90 Å². The molecule has 3 rings (SSSR count). The minimum atomic E-state index is -3.76. The molecule has 0 spiro atoms. The zero-order valence-corrected chi connectivity index (χ0v) is 15.8. The van der Waals surface area contributed by atoms with Gasteiger partial charge < -0.3 is 15.4 Å². The molecular formula is C17H24N6O3S. The van der Waals surface area contributed by atoms with Gasteiger partial charge in [0.25, 0.3) is 0 Å². The summed E-state index contributed by atoms with van der Waals surface area (Å²) < 4.78 is 28.2. The molecule has 0 atom stereocenters. The fourth-order valence-corrected chi connectivity index (χ4v) is 3.30. The van der Waals surface area contributed by atoms with Crippen LogP contribution < -0.4 is 15.8 Å². The Kier molecular flexibility index (Phi) is 6.56. The van der Waals surface area contributed by atoms with Gasteiger partial charge in [-0.2, -0.15) is 4.98 Å². The first-order valence-corrected chi connectivity index (χ1v) is 10.3. The summed E-state index contributed by atoms with van der Waals surface area (Å²) in [5.74, 6) is 1.08. The summed E-state index contributed by atoms with van der Waals surface area (Å²) in [5.41, 5.74) is 0.547. The maximum atomic E-state index is 11.5. The average Bonchev–Trinajstić information content (AvgIpc) is 2.66. The Bertz CT molecular complexity index is 855. The van der Waals surface area contributed by atoms with Crippen LogP contribution in [0.15, 0.2) is 41.4 Å². The van der Waals surface area contributed by atoms with E-state index in [1.807, 2.05) is 0 Å². The second-order valence-corrected chi connectivity index (χ2v) is 7.76. The Morgan fingerprint density at radius 2 is 2.04 bits per heavy atom. The highest BCUT2D eigenvalue weighted by atomic mass is 32.2. The van der Waals surface area contributed by atoms with Crippen molar-refractivity contribution in [2.45, 2.75) is 11.3 Å². The third kappa shape index (κ3) is 6.14. The fraction of sp³-hybridized carbons (Fsp3) is 0.412. The predicted molar refractivity (Wildman–Crippen MR) is 103 cm³/mol. The number of benzene rings is 1. The summed E-state index contributed by atoms with van der Waals surface area (Å²) in [4.78, 5) is 11.0. The molecule has 0 amide bonds. The van der Waals surface area contributed by atoms with Crippen LogP contribution in [0.25, 0.3) is 0 Å². The number of nitrogens with zero attached hydrogens (tertiary/aromatic N) is 3. The molecule has 9 nitrogen and oxygen atoms in total. The average molecular weight is 392 g/mol. The van der Waals surface area contributed by atoms with Crippen molar-refractivity contribution in [2.24, 2.45) is 5.14 Å². The van der Waals surface area contributed by atoms with E-state index in [0.717, 1.165) is 45.8 Å². The van der Waals surface area contributed by atoms with Crippen molar-refractivity contribution in [1.29, 1.82) is 0 Å². The maximum Gasteiger partial charge on any atom is 0.238 e. The quantitative estimate of drug-likeness (QED) is 0.569. The van der Waals surface area contributed by atoms with E-state index >= 15 is 0 Å². The van der Waals surface area contributed by atoms with Gasteiger partial charge in [0.2, 0.25) is 16.0 Å². The Morgan fingerprint density at radius 1 is 1.22 bits per heavy atom. The number of primary sulfonamides is 1. The van der Waals surface area contributed by atoms with Crippen molar-refractivity contribution in [1.82, 2.24) is 14.9 Å². The van der Waals surface area contributed by atoms with Crippen LogP contribution >= 0.6 is 0 Å².